The van der Waals surface area contributed by atoms with Crippen molar-refractivity contribution in [2.75, 3.05) is 0 Å². The lowest BCUT2D eigenvalue weighted by molar-refractivity contribution is 0.598. The van der Waals surface area contributed by atoms with Crippen LogP contribution in [0, 0.1) is 6.92 Å². The molecule has 3 rings (SSSR count). The third kappa shape index (κ3) is 2.83. The number of aromatic amines is 1. The molecule has 2 heterocycles. The fraction of sp³-hybridized carbons (Fsp3) is 0.267. The molecule has 0 aliphatic carbocycles. The Morgan fingerprint density at radius 1 is 1.33 bits per heavy atom. The summed E-state index contributed by atoms with van der Waals surface area (Å²) in [6, 6.07) is 5.97. The van der Waals surface area contributed by atoms with E-state index >= 15 is 0 Å². The molecule has 0 unspecified atom stereocenters. The highest BCUT2D eigenvalue weighted by Crippen LogP contribution is 2.19. The van der Waals surface area contributed by atoms with Crippen LogP contribution in [-0.2, 0) is 16.4 Å². The molecule has 0 bridgehead atoms. The number of nitrogens with two attached hydrogens (primary N) is 1. The van der Waals surface area contributed by atoms with Crippen LogP contribution in [0.2, 0.25) is 0 Å². The maximum Gasteiger partial charge on any atom is 0.277 e. The molecule has 0 atom stereocenters. The number of aryl methyl sites for hydroxylation is 2. The molecule has 9 heteroatoms. The summed E-state index contributed by atoms with van der Waals surface area (Å²) in [7, 11) is -3.84. The topological polar surface area (TPSA) is 123 Å². The fourth-order valence-corrected chi connectivity index (χ4v) is 3.13. The summed E-state index contributed by atoms with van der Waals surface area (Å²) < 4.78 is 24.5. The van der Waals surface area contributed by atoms with Crippen molar-refractivity contribution in [3.63, 3.8) is 0 Å². The lowest BCUT2D eigenvalue weighted by atomic mass is 10.2. The molecular formula is C15H17N5O3S. The molecule has 126 valence electrons. The largest absolute Gasteiger partial charge is 0.303 e. The molecule has 0 aliphatic rings. The van der Waals surface area contributed by atoms with Gasteiger partial charge in [-0.15, -0.1) is 5.10 Å². The Labute approximate surface area is 138 Å². The Balaban J connectivity index is 2.25. The quantitative estimate of drug-likeness (QED) is 0.728. The maximum absolute atomic E-state index is 12.4. The minimum absolute atomic E-state index is 0.0432. The Kier molecular flexibility index (Phi) is 3.98. The van der Waals surface area contributed by atoms with E-state index in [9.17, 15) is 13.2 Å². The maximum atomic E-state index is 12.4. The number of rotatable bonds is 4. The first-order valence-corrected chi connectivity index (χ1v) is 8.97. The molecule has 0 aliphatic heterocycles. The highest BCUT2D eigenvalue weighted by molar-refractivity contribution is 7.89. The van der Waals surface area contributed by atoms with Gasteiger partial charge in [-0.3, -0.25) is 4.79 Å². The molecule has 0 fully saturated rings. The number of imidazole rings is 1. The van der Waals surface area contributed by atoms with Crippen LogP contribution in [0.15, 0.2) is 34.0 Å². The lowest BCUT2D eigenvalue weighted by Crippen LogP contribution is -2.16. The van der Waals surface area contributed by atoms with Crippen molar-refractivity contribution in [3.8, 4) is 11.4 Å². The molecule has 0 radical (unpaired) electrons. The number of aromatic nitrogens is 4. The number of benzene rings is 1. The third-order valence-electron chi connectivity index (χ3n) is 3.65. The van der Waals surface area contributed by atoms with E-state index in [0.717, 1.165) is 6.42 Å². The van der Waals surface area contributed by atoms with Gasteiger partial charge in [0.25, 0.3) is 5.56 Å². The molecule has 3 N–H and O–H groups in total. The average Bonchev–Trinajstić information content (AvgIpc) is 2.83. The van der Waals surface area contributed by atoms with E-state index in [1.165, 1.54) is 16.6 Å². The Hall–Kier alpha value is -2.52. The zero-order chi connectivity index (χ0) is 17.5. The lowest BCUT2D eigenvalue weighted by Gasteiger charge is -2.05. The number of hydrogen-bond donors (Lipinski definition) is 2. The summed E-state index contributed by atoms with van der Waals surface area (Å²) in [4.78, 5) is 19.4. The summed E-state index contributed by atoms with van der Waals surface area (Å²) in [5.41, 5.74) is 1.13. The van der Waals surface area contributed by atoms with E-state index in [1.807, 2.05) is 6.92 Å². The fourth-order valence-electron chi connectivity index (χ4n) is 2.57. The molecule has 0 amide bonds. The Bertz CT molecular complexity index is 1080. The van der Waals surface area contributed by atoms with Crippen molar-refractivity contribution in [1.82, 2.24) is 19.6 Å². The second-order valence-corrected chi connectivity index (χ2v) is 7.06. The average molecular weight is 347 g/mol. The minimum atomic E-state index is -3.84. The van der Waals surface area contributed by atoms with Gasteiger partial charge in [-0.1, -0.05) is 19.1 Å². The first-order valence-electron chi connectivity index (χ1n) is 7.43. The Morgan fingerprint density at radius 3 is 2.75 bits per heavy atom. The van der Waals surface area contributed by atoms with Crippen LogP contribution < -0.4 is 10.7 Å². The van der Waals surface area contributed by atoms with Crippen LogP contribution in [-0.4, -0.2) is 28.0 Å². The van der Waals surface area contributed by atoms with Crippen molar-refractivity contribution in [1.29, 1.82) is 0 Å². The second-order valence-electron chi connectivity index (χ2n) is 5.50. The molecule has 0 spiro atoms. The van der Waals surface area contributed by atoms with Gasteiger partial charge in [-0.25, -0.2) is 23.1 Å². The highest BCUT2D eigenvalue weighted by Gasteiger charge is 2.15. The number of hydrogen-bond acceptors (Lipinski definition) is 5. The van der Waals surface area contributed by atoms with E-state index < -0.39 is 10.0 Å². The van der Waals surface area contributed by atoms with Crippen LogP contribution in [0.3, 0.4) is 0 Å². The van der Waals surface area contributed by atoms with Gasteiger partial charge in [-0.05, 0) is 25.5 Å². The number of nitrogens with zero attached hydrogens (tertiary/aromatic N) is 3. The molecule has 0 saturated heterocycles. The number of fused-ring (bicyclic) bond motifs is 1. The highest BCUT2D eigenvalue weighted by atomic mass is 32.2. The molecular weight excluding hydrogens is 330 g/mol. The number of primary sulfonamides is 1. The van der Waals surface area contributed by atoms with Gasteiger partial charge in [0.1, 0.15) is 5.82 Å². The van der Waals surface area contributed by atoms with E-state index in [1.54, 1.807) is 19.1 Å². The van der Waals surface area contributed by atoms with Gasteiger partial charge in [0.15, 0.2) is 11.3 Å². The Morgan fingerprint density at radius 2 is 2.08 bits per heavy atom. The number of H-pyrrole nitrogens is 1. The van der Waals surface area contributed by atoms with Crippen LogP contribution in [0.5, 0.6) is 0 Å². The summed E-state index contributed by atoms with van der Waals surface area (Å²) in [5.74, 6) is 0.952. The van der Waals surface area contributed by atoms with E-state index in [4.69, 9.17) is 5.14 Å². The van der Waals surface area contributed by atoms with Crippen molar-refractivity contribution in [2.45, 2.75) is 31.6 Å². The first kappa shape index (κ1) is 16.3. The van der Waals surface area contributed by atoms with Gasteiger partial charge < -0.3 is 4.98 Å². The van der Waals surface area contributed by atoms with Crippen molar-refractivity contribution in [3.05, 3.63) is 46.1 Å². The zero-order valence-electron chi connectivity index (χ0n) is 13.3. The molecule has 1 aromatic carbocycles. The molecule has 2 aromatic heterocycles. The van der Waals surface area contributed by atoms with Gasteiger partial charge in [-0.2, -0.15) is 0 Å². The van der Waals surface area contributed by atoms with Crippen molar-refractivity contribution >= 4 is 15.5 Å². The summed E-state index contributed by atoms with van der Waals surface area (Å²) in [6.07, 6.45) is 1.55. The molecule has 24 heavy (non-hydrogen) atoms. The van der Waals surface area contributed by atoms with Gasteiger partial charge >= 0.3 is 0 Å². The summed E-state index contributed by atoms with van der Waals surface area (Å²) >= 11 is 0. The molecule has 0 saturated carbocycles. The van der Waals surface area contributed by atoms with Crippen LogP contribution in [0.4, 0.5) is 0 Å². The molecule has 8 nitrogen and oxygen atoms in total. The number of sulfonamides is 1. The summed E-state index contributed by atoms with van der Waals surface area (Å²) in [6.45, 7) is 3.77. The minimum Gasteiger partial charge on any atom is -0.303 e. The van der Waals surface area contributed by atoms with Gasteiger partial charge in [0.05, 0.1) is 10.6 Å². The normalized spacial score (nSPS) is 12.0. The van der Waals surface area contributed by atoms with Crippen molar-refractivity contribution < 1.29 is 8.42 Å². The standard InChI is InChI=1S/C15H17N5O3S/c1-3-5-12-17-9(2)13-15(21)18-14(19-20(12)13)10-6-4-7-11(8-10)24(16,22)23/h4,6-8H,3,5H2,1-2H3,(H2,16,22,23)(H,18,19,21). The summed E-state index contributed by atoms with van der Waals surface area (Å²) in [5, 5.41) is 9.59. The molecule has 3 aromatic rings. The monoisotopic (exact) mass is 347 g/mol. The van der Waals surface area contributed by atoms with Crippen LogP contribution >= 0.6 is 0 Å². The first-order chi connectivity index (χ1) is 11.3. The van der Waals surface area contributed by atoms with Crippen LogP contribution in [0.1, 0.15) is 24.9 Å². The second kappa shape index (κ2) is 5.84. The van der Waals surface area contributed by atoms with Gasteiger partial charge in [0, 0.05) is 12.0 Å². The predicted molar refractivity (Wildman–Crippen MR) is 89.1 cm³/mol. The van der Waals surface area contributed by atoms with Crippen molar-refractivity contribution in [2.24, 2.45) is 5.14 Å². The van der Waals surface area contributed by atoms with E-state index in [0.29, 0.717) is 29.0 Å². The van der Waals surface area contributed by atoms with E-state index in [2.05, 4.69) is 15.1 Å². The smallest absolute Gasteiger partial charge is 0.277 e. The van der Waals surface area contributed by atoms with Gasteiger partial charge in [0.2, 0.25) is 10.0 Å². The SMILES string of the molecule is CCCc1nc(C)c2c(=O)[nH]c(-c3cccc(S(N)(=O)=O)c3)nn12. The third-order valence-corrected chi connectivity index (χ3v) is 4.56. The number of nitrogens with one attached hydrogen (secondary N) is 1. The van der Waals surface area contributed by atoms with E-state index in [-0.39, 0.29) is 16.3 Å². The van der Waals surface area contributed by atoms with Crippen LogP contribution in [0.25, 0.3) is 16.9 Å². The zero-order valence-corrected chi connectivity index (χ0v) is 14.1. The predicted octanol–water partition coefficient (Wildman–Crippen LogP) is 0.993.